The van der Waals surface area contributed by atoms with E-state index in [0.29, 0.717) is 6.61 Å². The second kappa shape index (κ2) is 7.29. The molecule has 1 saturated heterocycles. The maximum absolute atomic E-state index is 11.8. The number of carbonyl (C=O) groups is 1. The molecule has 4 nitrogen and oxygen atoms in total. The van der Waals surface area contributed by atoms with Crippen molar-refractivity contribution in [2.24, 2.45) is 5.92 Å². The van der Waals surface area contributed by atoms with Crippen LogP contribution in [0.3, 0.4) is 0 Å². The van der Waals surface area contributed by atoms with Gasteiger partial charge in [-0.2, -0.15) is 0 Å². The van der Waals surface area contributed by atoms with E-state index in [4.69, 9.17) is 9.47 Å². The maximum Gasteiger partial charge on any atom is 0.310 e. The predicted octanol–water partition coefficient (Wildman–Crippen LogP) is 2.47. The van der Waals surface area contributed by atoms with Crippen LogP contribution in [0.15, 0.2) is 24.3 Å². The number of rotatable bonds is 5. The molecule has 0 aromatic heterocycles. The van der Waals surface area contributed by atoms with Gasteiger partial charge in [-0.25, -0.2) is 0 Å². The van der Waals surface area contributed by atoms with Crippen LogP contribution in [-0.4, -0.2) is 37.7 Å². The van der Waals surface area contributed by atoms with Gasteiger partial charge in [0.2, 0.25) is 0 Å². The van der Waals surface area contributed by atoms with Gasteiger partial charge >= 0.3 is 5.97 Å². The third kappa shape index (κ3) is 3.97. The molecule has 2 rings (SSSR count). The molecule has 0 N–H and O–H groups in total. The van der Waals surface area contributed by atoms with Gasteiger partial charge in [-0.1, -0.05) is 12.1 Å². The highest BCUT2D eigenvalue weighted by atomic mass is 16.5. The molecule has 1 aliphatic rings. The molecule has 1 aromatic rings. The molecule has 0 aliphatic carbocycles. The van der Waals surface area contributed by atoms with Crippen LogP contribution >= 0.6 is 0 Å². The molecule has 1 atom stereocenters. The lowest BCUT2D eigenvalue weighted by Crippen LogP contribution is -2.38. The lowest BCUT2D eigenvalue weighted by molar-refractivity contribution is -0.150. The number of piperidine rings is 1. The Bertz CT molecular complexity index is 447. The zero-order valence-corrected chi connectivity index (χ0v) is 12.3. The maximum atomic E-state index is 11.8. The van der Waals surface area contributed by atoms with Crippen molar-refractivity contribution < 1.29 is 14.3 Å². The Kier molecular flexibility index (Phi) is 5.41. The van der Waals surface area contributed by atoms with E-state index in [1.54, 1.807) is 7.11 Å². The number of esters is 1. The second-order valence-corrected chi connectivity index (χ2v) is 5.18. The van der Waals surface area contributed by atoms with E-state index >= 15 is 0 Å². The van der Waals surface area contributed by atoms with Crippen LogP contribution in [0.2, 0.25) is 0 Å². The van der Waals surface area contributed by atoms with Gasteiger partial charge < -0.3 is 9.47 Å². The fraction of sp³-hybridized carbons (Fsp3) is 0.562. The number of methoxy groups -OCH3 is 1. The fourth-order valence-corrected chi connectivity index (χ4v) is 2.68. The molecule has 20 heavy (non-hydrogen) atoms. The number of hydrogen-bond acceptors (Lipinski definition) is 4. The van der Waals surface area contributed by atoms with Gasteiger partial charge in [0.25, 0.3) is 0 Å². The number of nitrogens with zero attached hydrogens (tertiary/aromatic N) is 1. The summed E-state index contributed by atoms with van der Waals surface area (Å²) in [6.45, 7) is 5.00. The number of hydrogen-bond donors (Lipinski definition) is 0. The number of likely N-dealkylation sites (tertiary alicyclic amines) is 1. The van der Waals surface area contributed by atoms with Crippen LogP contribution in [0.25, 0.3) is 0 Å². The van der Waals surface area contributed by atoms with Gasteiger partial charge in [-0.15, -0.1) is 0 Å². The number of carbonyl (C=O) groups excluding carboxylic acids is 1. The summed E-state index contributed by atoms with van der Waals surface area (Å²) in [6.07, 6.45) is 1.99. The van der Waals surface area contributed by atoms with Crippen LogP contribution in [0.4, 0.5) is 0 Å². The summed E-state index contributed by atoms with van der Waals surface area (Å²) in [5, 5.41) is 0. The smallest absolute Gasteiger partial charge is 0.310 e. The summed E-state index contributed by atoms with van der Waals surface area (Å²) >= 11 is 0. The lowest BCUT2D eigenvalue weighted by Gasteiger charge is -2.31. The van der Waals surface area contributed by atoms with E-state index < -0.39 is 0 Å². The highest BCUT2D eigenvalue weighted by Crippen LogP contribution is 2.21. The van der Waals surface area contributed by atoms with E-state index in [9.17, 15) is 4.79 Å². The van der Waals surface area contributed by atoms with Crippen LogP contribution in [0, 0.1) is 5.92 Å². The van der Waals surface area contributed by atoms with Crippen molar-refractivity contribution in [1.82, 2.24) is 4.90 Å². The molecular formula is C16H23NO3. The lowest BCUT2D eigenvalue weighted by atomic mass is 9.97. The van der Waals surface area contributed by atoms with E-state index in [1.807, 2.05) is 25.1 Å². The van der Waals surface area contributed by atoms with Crippen molar-refractivity contribution >= 4 is 5.97 Å². The van der Waals surface area contributed by atoms with Crippen molar-refractivity contribution in [3.63, 3.8) is 0 Å². The predicted molar refractivity (Wildman–Crippen MR) is 77.6 cm³/mol. The van der Waals surface area contributed by atoms with E-state index in [0.717, 1.165) is 38.2 Å². The topological polar surface area (TPSA) is 38.8 Å². The quantitative estimate of drug-likeness (QED) is 0.775. The molecule has 1 aromatic carbocycles. The van der Waals surface area contributed by atoms with Crippen LogP contribution in [0.1, 0.15) is 25.3 Å². The Hall–Kier alpha value is -1.55. The Morgan fingerprint density at radius 2 is 2.30 bits per heavy atom. The largest absolute Gasteiger partial charge is 0.497 e. The zero-order valence-electron chi connectivity index (χ0n) is 12.3. The van der Waals surface area contributed by atoms with Crippen molar-refractivity contribution in [3.8, 4) is 5.75 Å². The molecule has 0 saturated carbocycles. The monoisotopic (exact) mass is 277 g/mol. The summed E-state index contributed by atoms with van der Waals surface area (Å²) in [6, 6.07) is 8.09. The first-order chi connectivity index (χ1) is 9.72. The first kappa shape index (κ1) is 14.9. The Morgan fingerprint density at radius 1 is 1.45 bits per heavy atom. The number of benzene rings is 1. The normalized spacial score (nSPS) is 19.6. The van der Waals surface area contributed by atoms with Crippen molar-refractivity contribution in [3.05, 3.63) is 29.8 Å². The number of ether oxygens (including phenoxy) is 2. The van der Waals surface area contributed by atoms with Crippen molar-refractivity contribution in [1.29, 1.82) is 0 Å². The summed E-state index contributed by atoms with van der Waals surface area (Å²) in [4.78, 5) is 14.1. The van der Waals surface area contributed by atoms with Crippen LogP contribution in [0.5, 0.6) is 5.75 Å². The van der Waals surface area contributed by atoms with Gasteiger partial charge in [-0.05, 0) is 44.0 Å². The second-order valence-electron chi connectivity index (χ2n) is 5.18. The van der Waals surface area contributed by atoms with Gasteiger partial charge in [0, 0.05) is 13.1 Å². The molecule has 1 fully saturated rings. The SMILES string of the molecule is CCOC(=O)C1CCCN(Cc2cccc(OC)c2)C1. The molecule has 0 spiro atoms. The summed E-state index contributed by atoms with van der Waals surface area (Å²) in [5.74, 6) is 0.846. The molecule has 0 amide bonds. The Balaban J connectivity index is 1.93. The van der Waals surface area contributed by atoms with Crippen LogP contribution < -0.4 is 4.74 Å². The molecule has 1 aliphatic heterocycles. The standard InChI is InChI=1S/C16H23NO3/c1-3-20-16(18)14-7-5-9-17(12-14)11-13-6-4-8-15(10-13)19-2/h4,6,8,10,14H,3,5,7,9,11-12H2,1-2H3. The van der Waals surface area contributed by atoms with Crippen molar-refractivity contribution in [2.75, 3.05) is 26.8 Å². The van der Waals surface area contributed by atoms with E-state index in [-0.39, 0.29) is 11.9 Å². The van der Waals surface area contributed by atoms with E-state index in [1.165, 1.54) is 5.56 Å². The van der Waals surface area contributed by atoms with Crippen molar-refractivity contribution in [2.45, 2.75) is 26.3 Å². The average Bonchev–Trinajstić information content (AvgIpc) is 2.48. The first-order valence-electron chi connectivity index (χ1n) is 7.25. The minimum atomic E-state index is -0.0529. The van der Waals surface area contributed by atoms with Gasteiger partial charge in [0.05, 0.1) is 19.6 Å². The van der Waals surface area contributed by atoms with Gasteiger partial charge in [0.1, 0.15) is 5.75 Å². The minimum absolute atomic E-state index is 0.0225. The fourth-order valence-electron chi connectivity index (χ4n) is 2.68. The first-order valence-corrected chi connectivity index (χ1v) is 7.25. The van der Waals surface area contributed by atoms with Crippen LogP contribution in [-0.2, 0) is 16.1 Å². The van der Waals surface area contributed by atoms with Gasteiger partial charge in [-0.3, -0.25) is 9.69 Å². The third-order valence-corrected chi connectivity index (χ3v) is 3.67. The Labute approximate surface area is 120 Å². The summed E-state index contributed by atoms with van der Waals surface area (Å²) in [5.41, 5.74) is 1.22. The van der Waals surface area contributed by atoms with E-state index in [2.05, 4.69) is 11.0 Å². The average molecular weight is 277 g/mol. The molecule has 0 bridgehead atoms. The summed E-state index contributed by atoms with van der Waals surface area (Å²) in [7, 11) is 1.68. The zero-order chi connectivity index (χ0) is 14.4. The molecule has 4 heteroatoms. The molecule has 1 heterocycles. The third-order valence-electron chi connectivity index (χ3n) is 3.67. The summed E-state index contributed by atoms with van der Waals surface area (Å²) < 4.78 is 10.4. The van der Waals surface area contributed by atoms with Gasteiger partial charge in [0.15, 0.2) is 0 Å². The highest BCUT2D eigenvalue weighted by molar-refractivity contribution is 5.72. The molecule has 0 radical (unpaired) electrons. The molecule has 110 valence electrons. The Morgan fingerprint density at radius 3 is 3.05 bits per heavy atom. The minimum Gasteiger partial charge on any atom is -0.497 e. The highest BCUT2D eigenvalue weighted by Gasteiger charge is 2.26. The molecular weight excluding hydrogens is 254 g/mol. The molecule has 1 unspecified atom stereocenters.